The number of hydrogen-bond donors (Lipinski definition) is 1. The van der Waals surface area contributed by atoms with Crippen molar-refractivity contribution < 1.29 is 23.2 Å². The lowest BCUT2D eigenvalue weighted by Crippen LogP contribution is -2.28. The zero-order valence-electron chi connectivity index (χ0n) is 11.6. The summed E-state index contributed by atoms with van der Waals surface area (Å²) < 4.78 is 37.9. The highest BCUT2D eigenvalue weighted by atomic mass is 19.4. The fourth-order valence-electron chi connectivity index (χ4n) is 1.94. The maximum atomic E-state index is 12.6. The molecular formula is C13H17F3N2O3. The Kier molecular flexibility index (Phi) is 5.95. The van der Waals surface area contributed by atoms with Crippen molar-refractivity contribution in [1.29, 1.82) is 0 Å². The van der Waals surface area contributed by atoms with Crippen LogP contribution in [0.25, 0.3) is 0 Å². The van der Waals surface area contributed by atoms with Crippen LogP contribution in [0.15, 0.2) is 18.2 Å². The Bertz CT molecular complexity index is 492. The van der Waals surface area contributed by atoms with E-state index in [1.165, 1.54) is 4.90 Å². The number of alkyl halides is 3. The molecule has 0 bridgehead atoms. The van der Waals surface area contributed by atoms with Crippen molar-refractivity contribution in [2.24, 2.45) is 0 Å². The number of anilines is 1. The Labute approximate surface area is 120 Å². The van der Waals surface area contributed by atoms with E-state index in [9.17, 15) is 23.3 Å². The second-order valence-electron chi connectivity index (χ2n) is 4.52. The van der Waals surface area contributed by atoms with E-state index in [2.05, 4.69) is 0 Å². The molecule has 118 valence electrons. The number of nitro groups is 1. The summed E-state index contributed by atoms with van der Waals surface area (Å²) in [7, 11) is 0. The molecule has 0 amide bonds. The van der Waals surface area contributed by atoms with E-state index in [1.807, 2.05) is 6.92 Å². The number of rotatable bonds is 7. The van der Waals surface area contributed by atoms with Gasteiger partial charge in [0.2, 0.25) is 0 Å². The summed E-state index contributed by atoms with van der Waals surface area (Å²) in [5.74, 6) is 0. The Hall–Kier alpha value is -1.83. The average molecular weight is 306 g/mol. The van der Waals surface area contributed by atoms with E-state index >= 15 is 0 Å². The van der Waals surface area contributed by atoms with Gasteiger partial charge in [-0.05, 0) is 18.6 Å². The summed E-state index contributed by atoms with van der Waals surface area (Å²) in [6.07, 6.45) is -3.08. The van der Waals surface area contributed by atoms with Crippen molar-refractivity contribution in [2.45, 2.75) is 25.9 Å². The lowest BCUT2D eigenvalue weighted by Gasteiger charge is -2.24. The molecule has 0 saturated heterocycles. The number of halogens is 3. The molecule has 0 atom stereocenters. The van der Waals surface area contributed by atoms with Gasteiger partial charge in [0.05, 0.1) is 17.1 Å². The molecule has 0 radical (unpaired) electrons. The zero-order valence-corrected chi connectivity index (χ0v) is 11.6. The number of nitrogens with zero attached hydrogens (tertiary/aromatic N) is 2. The first-order valence-corrected chi connectivity index (χ1v) is 6.52. The Morgan fingerprint density at radius 3 is 2.48 bits per heavy atom. The predicted molar refractivity (Wildman–Crippen MR) is 72.3 cm³/mol. The standard InChI is InChI=1S/C13H17F3N2O3/c1-2-3-6-17(7-8-19)11-5-4-10(13(14,15)16)9-12(11)18(20)21/h4-5,9,19H,2-3,6-8H2,1H3. The highest BCUT2D eigenvalue weighted by Gasteiger charge is 2.33. The zero-order chi connectivity index (χ0) is 16.0. The molecule has 1 aromatic rings. The molecule has 0 aliphatic rings. The van der Waals surface area contributed by atoms with Gasteiger partial charge in [0.1, 0.15) is 5.69 Å². The van der Waals surface area contributed by atoms with Crippen molar-refractivity contribution in [3.63, 3.8) is 0 Å². The Morgan fingerprint density at radius 1 is 1.33 bits per heavy atom. The average Bonchev–Trinajstić information content (AvgIpc) is 2.41. The molecule has 0 unspecified atom stereocenters. The topological polar surface area (TPSA) is 66.6 Å². The van der Waals surface area contributed by atoms with Gasteiger partial charge < -0.3 is 10.0 Å². The molecule has 1 aromatic carbocycles. The van der Waals surface area contributed by atoms with Crippen molar-refractivity contribution >= 4 is 11.4 Å². The highest BCUT2D eigenvalue weighted by molar-refractivity contribution is 5.64. The van der Waals surface area contributed by atoms with Gasteiger partial charge in [-0.2, -0.15) is 13.2 Å². The van der Waals surface area contributed by atoms with Crippen molar-refractivity contribution in [1.82, 2.24) is 0 Å². The van der Waals surface area contributed by atoms with Crippen LogP contribution in [0.1, 0.15) is 25.3 Å². The number of aliphatic hydroxyl groups excluding tert-OH is 1. The number of hydrogen-bond acceptors (Lipinski definition) is 4. The van der Waals surface area contributed by atoms with Crippen molar-refractivity contribution in [2.75, 3.05) is 24.6 Å². The first-order valence-electron chi connectivity index (χ1n) is 6.52. The number of aliphatic hydroxyl groups is 1. The fraction of sp³-hybridized carbons (Fsp3) is 0.538. The van der Waals surface area contributed by atoms with Gasteiger partial charge in [0.15, 0.2) is 0 Å². The normalized spacial score (nSPS) is 11.5. The molecule has 8 heteroatoms. The third-order valence-electron chi connectivity index (χ3n) is 2.99. The summed E-state index contributed by atoms with van der Waals surface area (Å²) in [4.78, 5) is 11.7. The molecule has 0 fully saturated rings. The van der Waals surface area contributed by atoms with Crippen LogP contribution < -0.4 is 4.90 Å². The van der Waals surface area contributed by atoms with Crippen molar-refractivity contribution in [3.8, 4) is 0 Å². The van der Waals surface area contributed by atoms with Gasteiger partial charge in [-0.15, -0.1) is 0 Å². The molecule has 1 rings (SSSR count). The van der Waals surface area contributed by atoms with Gasteiger partial charge in [-0.25, -0.2) is 0 Å². The first kappa shape index (κ1) is 17.2. The van der Waals surface area contributed by atoms with Crippen LogP contribution in [0, 0.1) is 10.1 Å². The smallest absolute Gasteiger partial charge is 0.395 e. The summed E-state index contributed by atoms with van der Waals surface area (Å²) in [5, 5.41) is 20.1. The van der Waals surface area contributed by atoms with Gasteiger partial charge in [-0.3, -0.25) is 10.1 Å². The molecule has 0 aliphatic carbocycles. The molecular weight excluding hydrogens is 289 g/mol. The Morgan fingerprint density at radius 2 is 2.00 bits per heavy atom. The number of nitro benzene ring substituents is 1. The Balaban J connectivity index is 3.23. The first-order chi connectivity index (χ1) is 9.81. The largest absolute Gasteiger partial charge is 0.416 e. The van der Waals surface area contributed by atoms with Gasteiger partial charge in [0, 0.05) is 19.2 Å². The molecule has 0 aliphatic heterocycles. The maximum Gasteiger partial charge on any atom is 0.416 e. The third kappa shape index (κ3) is 4.59. The monoisotopic (exact) mass is 306 g/mol. The van der Waals surface area contributed by atoms with Crippen LogP contribution in [0.2, 0.25) is 0 Å². The maximum absolute atomic E-state index is 12.6. The molecule has 1 N–H and O–H groups in total. The van der Waals surface area contributed by atoms with E-state index < -0.39 is 22.4 Å². The quantitative estimate of drug-likeness (QED) is 0.620. The van der Waals surface area contributed by atoms with Crippen molar-refractivity contribution in [3.05, 3.63) is 33.9 Å². The second-order valence-corrected chi connectivity index (χ2v) is 4.52. The van der Waals surface area contributed by atoms with E-state index in [4.69, 9.17) is 5.11 Å². The summed E-state index contributed by atoms with van der Waals surface area (Å²) in [6, 6.07) is 2.44. The van der Waals surface area contributed by atoms with Gasteiger partial charge >= 0.3 is 6.18 Å². The minimum atomic E-state index is -4.63. The van der Waals surface area contributed by atoms with Crippen LogP contribution in [0.4, 0.5) is 24.5 Å². The van der Waals surface area contributed by atoms with Crippen LogP contribution in [0.5, 0.6) is 0 Å². The van der Waals surface area contributed by atoms with Gasteiger partial charge in [0.25, 0.3) is 5.69 Å². The predicted octanol–water partition coefficient (Wildman–Crippen LogP) is 3.21. The van der Waals surface area contributed by atoms with Gasteiger partial charge in [-0.1, -0.05) is 13.3 Å². The van der Waals surface area contributed by atoms with Crippen LogP contribution in [0.3, 0.4) is 0 Å². The number of benzene rings is 1. The molecule has 0 spiro atoms. The summed E-state index contributed by atoms with van der Waals surface area (Å²) in [6.45, 7) is 2.26. The van der Waals surface area contributed by atoms with E-state index in [-0.39, 0.29) is 18.8 Å². The third-order valence-corrected chi connectivity index (χ3v) is 2.99. The lowest BCUT2D eigenvalue weighted by atomic mass is 10.1. The van der Waals surface area contributed by atoms with E-state index in [0.29, 0.717) is 12.6 Å². The van der Waals surface area contributed by atoms with Crippen LogP contribution >= 0.6 is 0 Å². The summed E-state index contributed by atoms with van der Waals surface area (Å²) in [5.41, 5.74) is -1.57. The van der Waals surface area contributed by atoms with Crippen LogP contribution in [-0.4, -0.2) is 29.7 Å². The van der Waals surface area contributed by atoms with E-state index in [1.54, 1.807) is 0 Å². The fourth-order valence-corrected chi connectivity index (χ4v) is 1.94. The highest BCUT2D eigenvalue weighted by Crippen LogP contribution is 2.36. The SMILES string of the molecule is CCCCN(CCO)c1ccc(C(F)(F)F)cc1[N+](=O)[O-]. The minimum absolute atomic E-state index is 0.0931. The number of unbranched alkanes of at least 4 members (excludes halogenated alkanes) is 1. The minimum Gasteiger partial charge on any atom is -0.395 e. The molecule has 21 heavy (non-hydrogen) atoms. The lowest BCUT2D eigenvalue weighted by molar-refractivity contribution is -0.384. The van der Waals surface area contributed by atoms with E-state index in [0.717, 1.165) is 25.0 Å². The molecule has 0 saturated carbocycles. The summed E-state index contributed by atoms with van der Waals surface area (Å²) >= 11 is 0. The van der Waals surface area contributed by atoms with Crippen LogP contribution in [-0.2, 0) is 6.18 Å². The molecule has 0 aromatic heterocycles. The molecule has 0 heterocycles. The second kappa shape index (κ2) is 7.26. The molecule has 5 nitrogen and oxygen atoms in total.